The van der Waals surface area contributed by atoms with E-state index in [1.165, 1.54) is 6.26 Å². The van der Waals surface area contributed by atoms with Crippen molar-refractivity contribution in [2.75, 3.05) is 0 Å². The average Bonchev–Trinajstić information content (AvgIpc) is 2.43. The molecule has 4 N–H and O–H groups in total. The van der Waals surface area contributed by atoms with Crippen LogP contribution in [0.4, 0.5) is 0 Å². The quantitative estimate of drug-likeness (QED) is 0.463. The van der Waals surface area contributed by atoms with Crippen molar-refractivity contribution in [1.29, 1.82) is 0 Å². The summed E-state index contributed by atoms with van der Waals surface area (Å²) >= 11 is 0. The van der Waals surface area contributed by atoms with Crippen LogP contribution < -0.4 is 11.8 Å². The van der Waals surface area contributed by atoms with Gasteiger partial charge in [-0.05, 0) is 12.1 Å². The highest BCUT2D eigenvalue weighted by molar-refractivity contribution is 4.99. The summed E-state index contributed by atoms with van der Waals surface area (Å²) in [6, 6.07) is 3.32. The van der Waals surface area contributed by atoms with Crippen LogP contribution >= 0.6 is 0 Å². The van der Waals surface area contributed by atoms with Gasteiger partial charge in [0, 0.05) is 0 Å². The third-order valence-electron chi connectivity index (χ3n) is 1.02. The fraction of sp³-hybridized carbons (Fsp3) is 0.200. The van der Waals surface area contributed by atoms with E-state index in [2.05, 4.69) is 9.68 Å². The molecule has 5 nitrogen and oxygen atoms in total. The van der Waals surface area contributed by atoms with Crippen LogP contribution in [0.15, 0.2) is 22.8 Å². The predicted octanol–water partition coefficient (Wildman–Crippen LogP) is 0.0588. The highest BCUT2D eigenvalue weighted by Crippen LogP contribution is 2.14. The van der Waals surface area contributed by atoms with Gasteiger partial charge in [-0.15, -0.1) is 0 Å². The van der Waals surface area contributed by atoms with Gasteiger partial charge in [0.25, 0.3) is 6.29 Å². The summed E-state index contributed by atoms with van der Waals surface area (Å²) < 4.78 is 4.87. The third-order valence-corrected chi connectivity index (χ3v) is 1.02. The zero-order valence-corrected chi connectivity index (χ0v) is 5.19. The van der Waals surface area contributed by atoms with Gasteiger partial charge in [0.15, 0.2) is 5.76 Å². The lowest BCUT2D eigenvalue weighted by molar-refractivity contribution is -0.162. The van der Waals surface area contributed by atoms with E-state index in [0.29, 0.717) is 5.76 Å². The Bertz CT molecular complexity index is 171. The van der Waals surface area contributed by atoms with Crippen LogP contribution in [0.1, 0.15) is 12.1 Å². The fourth-order valence-electron chi connectivity index (χ4n) is 0.592. The maximum atomic E-state index is 4.87. The standard InChI is InChI=1S/C5H8N2O3/c6-9-5(10-7)4-2-1-3-8-4/h1-3,5H,6-7H2. The first-order chi connectivity index (χ1) is 4.88. The minimum absolute atomic E-state index is 0.435. The van der Waals surface area contributed by atoms with Gasteiger partial charge in [-0.2, -0.15) is 0 Å². The molecule has 56 valence electrons. The van der Waals surface area contributed by atoms with Crippen LogP contribution in [0.3, 0.4) is 0 Å². The molecule has 0 spiro atoms. The van der Waals surface area contributed by atoms with E-state index < -0.39 is 6.29 Å². The molecular weight excluding hydrogens is 136 g/mol. The largest absolute Gasteiger partial charge is 0.464 e. The summed E-state index contributed by atoms with van der Waals surface area (Å²) in [5.74, 6) is 10.1. The molecule has 0 aliphatic carbocycles. The van der Waals surface area contributed by atoms with Crippen molar-refractivity contribution in [2.45, 2.75) is 6.29 Å². The number of hydrogen-bond donors (Lipinski definition) is 2. The molecule has 0 saturated carbocycles. The molecule has 1 aromatic rings. The molecule has 5 heteroatoms. The third kappa shape index (κ3) is 1.34. The molecule has 0 aromatic carbocycles. The first-order valence-corrected chi connectivity index (χ1v) is 2.63. The fourth-order valence-corrected chi connectivity index (χ4v) is 0.592. The second kappa shape index (κ2) is 3.33. The molecule has 0 radical (unpaired) electrons. The first kappa shape index (κ1) is 7.23. The molecule has 0 unspecified atom stereocenters. The van der Waals surface area contributed by atoms with E-state index in [-0.39, 0.29) is 0 Å². The number of rotatable bonds is 3. The van der Waals surface area contributed by atoms with E-state index in [4.69, 9.17) is 16.2 Å². The SMILES string of the molecule is NOC(ON)c1ccco1. The maximum Gasteiger partial charge on any atom is 0.252 e. The Morgan fingerprint density at radius 3 is 2.50 bits per heavy atom. The Morgan fingerprint density at radius 2 is 2.10 bits per heavy atom. The summed E-state index contributed by atoms with van der Waals surface area (Å²) in [6.45, 7) is 0. The van der Waals surface area contributed by atoms with Crippen LogP contribution in [-0.2, 0) is 9.68 Å². The van der Waals surface area contributed by atoms with E-state index in [1.807, 2.05) is 0 Å². The van der Waals surface area contributed by atoms with Crippen molar-refractivity contribution in [1.82, 2.24) is 0 Å². The van der Waals surface area contributed by atoms with Crippen molar-refractivity contribution in [3.63, 3.8) is 0 Å². The topological polar surface area (TPSA) is 83.6 Å². The van der Waals surface area contributed by atoms with Crippen molar-refractivity contribution in [3.05, 3.63) is 24.2 Å². The van der Waals surface area contributed by atoms with E-state index in [1.54, 1.807) is 12.1 Å². The molecular formula is C5H8N2O3. The van der Waals surface area contributed by atoms with Crippen LogP contribution in [0.5, 0.6) is 0 Å². The summed E-state index contributed by atoms with van der Waals surface area (Å²) in [4.78, 5) is 8.61. The van der Waals surface area contributed by atoms with Gasteiger partial charge in [0.05, 0.1) is 6.26 Å². The second-order valence-electron chi connectivity index (χ2n) is 1.62. The molecule has 1 heterocycles. The number of hydrogen-bond acceptors (Lipinski definition) is 5. The second-order valence-corrected chi connectivity index (χ2v) is 1.62. The zero-order valence-electron chi connectivity index (χ0n) is 5.19. The summed E-state index contributed by atoms with van der Waals surface area (Å²) in [5.41, 5.74) is 0. The van der Waals surface area contributed by atoms with Crippen LogP contribution in [0.25, 0.3) is 0 Å². The molecule has 0 amide bonds. The lowest BCUT2D eigenvalue weighted by atomic mass is 10.4. The minimum Gasteiger partial charge on any atom is -0.464 e. The molecule has 10 heavy (non-hydrogen) atoms. The Balaban J connectivity index is 2.64. The predicted molar refractivity (Wildman–Crippen MR) is 32.0 cm³/mol. The first-order valence-electron chi connectivity index (χ1n) is 2.63. The van der Waals surface area contributed by atoms with Crippen molar-refractivity contribution in [3.8, 4) is 0 Å². The van der Waals surface area contributed by atoms with E-state index in [9.17, 15) is 0 Å². The van der Waals surface area contributed by atoms with Crippen molar-refractivity contribution >= 4 is 0 Å². The minimum atomic E-state index is -0.824. The van der Waals surface area contributed by atoms with Crippen LogP contribution in [-0.4, -0.2) is 0 Å². The molecule has 1 rings (SSSR count). The summed E-state index contributed by atoms with van der Waals surface area (Å²) in [6.07, 6.45) is 0.649. The van der Waals surface area contributed by atoms with Gasteiger partial charge in [-0.3, -0.25) is 9.68 Å². The molecule has 0 aliphatic rings. The molecule has 0 aliphatic heterocycles. The molecule has 0 atom stereocenters. The zero-order chi connectivity index (χ0) is 7.40. The average molecular weight is 144 g/mol. The monoisotopic (exact) mass is 144 g/mol. The highest BCUT2D eigenvalue weighted by atomic mass is 16.8. The summed E-state index contributed by atoms with van der Waals surface area (Å²) in [7, 11) is 0. The van der Waals surface area contributed by atoms with Crippen molar-refractivity contribution < 1.29 is 14.1 Å². The molecule has 1 aromatic heterocycles. The summed E-state index contributed by atoms with van der Waals surface area (Å²) in [5, 5.41) is 0. The lowest BCUT2D eigenvalue weighted by Crippen LogP contribution is -2.15. The van der Waals surface area contributed by atoms with Gasteiger partial charge < -0.3 is 4.42 Å². The van der Waals surface area contributed by atoms with Crippen molar-refractivity contribution in [2.24, 2.45) is 11.8 Å². The lowest BCUT2D eigenvalue weighted by Gasteiger charge is -2.06. The van der Waals surface area contributed by atoms with Gasteiger partial charge >= 0.3 is 0 Å². The smallest absolute Gasteiger partial charge is 0.252 e. The molecule has 0 saturated heterocycles. The molecule has 0 bridgehead atoms. The number of furan rings is 1. The Hall–Kier alpha value is -0.880. The van der Waals surface area contributed by atoms with Crippen LogP contribution in [0.2, 0.25) is 0 Å². The molecule has 0 fully saturated rings. The maximum absolute atomic E-state index is 4.87. The van der Waals surface area contributed by atoms with Gasteiger partial charge in [-0.1, -0.05) is 0 Å². The van der Waals surface area contributed by atoms with Gasteiger partial charge in [0.1, 0.15) is 0 Å². The highest BCUT2D eigenvalue weighted by Gasteiger charge is 2.12. The van der Waals surface area contributed by atoms with Crippen LogP contribution in [0, 0.1) is 0 Å². The Labute approximate surface area is 57.4 Å². The Morgan fingerprint density at radius 1 is 1.40 bits per heavy atom. The van der Waals surface area contributed by atoms with Gasteiger partial charge in [0.2, 0.25) is 0 Å². The van der Waals surface area contributed by atoms with Gasteiger partial charge in [-0.25, -0.2) is 11.8 Å². The Kier molecular flexibility index (Phi) is 2.41. The van der Waals surface area contributed by atoms with E-state index in [0.717, 1.165) is 0 Å². The van der Waals surface area contributed by atoms with E-state index >= 15 is 0 Å². The number of nitrogens with two attached hydrogens (primary N) is 2. The normalized spacial score (nSPS) is 10.7.